The minimum atomic E-state index is 0.0905. The Morgan fingerprint density at radius 3 is 2.30 bits per heavy atom. The summed E-state index contributed by atoms with van der Waals surface area (Å²) in [5, 5.41) is 2.97. The van der Waals surface area contributed by atoms with E-state index < -0.39 is 0 Å². The average molecular weight is 363 g/mol. The molecule has 5 heteroatoms. The molecular formula is C22H25N3O2. The summed E-state index contributed by atoms with van der Waals surface area (Å²) in [5.41, 5.74) is 3.07. The highest BCUT2D eigenvalue weighted by atomic mass is 16.2. The number of para-hydroxylation sites is 1. The largest absolute Gasteiger partial charge is 0.369 e. The summed E-state index contributed by atoms with van der Waals surface area (Å²) in [6, 6.07) is 18.2. The summed E-state index contributed by atoms with van der Waals surface area (Å²) >= 11 is 0. The van der Waals surface area contributed by atoms with Crippen LogP contribution in [0.2, 0.25) is 0 Å². The fourth-order valence-electron chi connectivity index (χ4n) is 3.86. The van der Waals surface area contributed by atoms with Crippen LogP contribution in [0.4, 0.5) is 5.69 Å². The molecule has 2 aromatic rings. The fraction of sp³-hybridized carbons (Fsp3) is 0.364. The summed E-state index contributed by atoms with van der Waals surface area (Å²) in [6.07, 6.45) is 1.41. The second-order valence-corrected chi connectivity index (χ2v) is 7.30. The number of ketones is 1. The van der Waals surface area contributed by atoms with Crippen molar-refractivity contribution in [1.29, 1.82) is 0 Å². The molecule has 140 valence electrons. The molecule has 0 bridgehead atoms. The van der Waals surface area contributed by atoms with Gasteiger partial charge in [0.15, 0.2) is 5.78 Å². The van der Waals surface area contributed by atoms with Crippen LogP contribution < -0.4 is 10.2 Å². The summed E-state index contributed by atoms with van der Waals surface area (Å²) in [5.74, 6) is 0.264. The monoisotopic (exact) mass is 363 g/mol. The lowest BCUT2D eigenvalue weighted by Gasteiger charge is -2.35. The van der Waals surface area contributed by atoms with Crippen molar-refractivity contribution in [1.82, 2.24) is 10.2 Å². The molecule has 1 N–H and O–H groups in total. The van der Waals surface area contributed by atoms with Gasteiger partial charge in [-0.2, -0.15) is 0 Å². The van der Waals surface area contributed by atoms with E-state index in [-0.39, 0.29) is 17.7 Å². The minimum Gasteiger partial charge on any atom is -0.369 e. The molecule has 0 aromatic heterocycles. The zero-order valence-corrected chi connectivity index (χ0v) is 15.4. The van der Waals surface area contributed by atoms with Crippen molar-refractivity contribution in [3.63, 3.8) is 0 Å². The number of hydrogen-bond acceptors (Lipinski definition) is 4. The molecule has 0 saturated carbocycles. The predicted molar refractivity (Wildman–Crippen MR) is 106 cm³/mol. The highest BCUT2D eigenvalue weighted by Crippen LogP contribution is 2.24. The highest BCUT2D eigenvalue weighted by molar-refractivity contribution is 5.97. The number of nitrogens with zero attached hydrogens (tertiary/aromatic N) is 2. The molecule has 1 amide bonds. The molecule has 2 fully saturated rings. The Labute approximate surface area is 160 Å². The van der Waals surface area contributed by atoms with Crippen LogP contribution in [0.5, 0.6) is 0 Å². The molecule has 0 radical (unpaired) electrons. The van der Waals surface area contributed by atoms with Crippen LogP contribution in [0.3, 0.4) is 0 Å². The van der Waals surface area contributed by atoms with Crippen LogP contribution in [0.15, 0.2) is 54.6 Å². The first-order valence-electron chi connectivity index (χ1n) is 9.64. The Balaban J connectivity index is 1.30. The summed E-state index contributed by atoms with van der Waals surface area (Å²) in [6.45, 7) is 4.14. The van der Waals surface area contributed by atoms with Crippen LogP contribution >= 0.6 is 0 Å². The Kier molecular flexibility index (Phi) is 5.21. The second-order valence-electron chi connectivity index (χ2n) is 7.30. The van der Waals surface area contributed by atoms with Crippen LogP contribution in [-0.4, -0.2) is 49.3 Å². The zero-order valence-electron chi connectivity index (χ0n) is 15.4. The van der Waals surface area contributed by atoms with Crippen molar-refractivity contribution >= 4 is 17.4 Å². The zero-order chi connectivity index (χ0) is 18.6. The van der Waals surface area contributed by atoms with Crippen molar-refractivity contribution < 1.29 is 9.59 Å². The van der Waals surface area contributed by atoms with Crippen molar-refractivity contribution in [2.75, 3.05) is 37.6 Å². The summed E-state index contributed by atoms with van der Waals surface area (Å²) in [7, 11) is 0. The van der Waals surface area contributed by atoms with Crippen LogP contribution in [0, 0.1) is 0 Å². The third-order valence-corrected chi connectivity index (χ3v) is 5.49. The van der Waals surface area contributed by atoms with Gasteiger partial charge in [0.05, 0.1) is 12.6 Å². The Morgan fingerprint density at radius 1 is 0.963 bits per heavy atom. The van der Waals surface area contributed by atoms with Gasteiger partial charge in [0.2, 0.25) is 5.91 Å². The standard InChI is InChI=1S/C22H25N3O2/c26-21(18-8-6-17(7-9-18)20-10-11-22(27)23-20)16-24-12-14-25(15-13-24)19-4-2-1-3-5-19/h1-9,20H,10-16H2,(H,23,27). The quantitative estimate of drug-likeness (QED) is 0.830. The number of rotatable bonds is 5. The van der Waals surface area contributed by atoms with E-state index in [0.29, 0.717) is 13.0 Å². The molecule has 4 rings (SSSR count). The number of nitrogens with one attached hydrogen (secondary N) is 1. The van der Waals surface area contributed by atoms with Crippen molar-refractivity contribution in [3.05, 3.63) is 65.7 Å². The van der Waals surface area contributed by atoms with E-state index >= 15 is 0 Å². The maximum Gasteiger partial charge on any atom is 0.220 e. The number of carbonyl (C=O) groups is 2. The van der Waals surface area contributed by atoms with E-state index in [2.05, 4.69) is 39.4 Å². The van der Waals surface area contributed by atoms with Gasteiger partial charge < -0.3 is 10.2 Å². The van der Waals surface area contributed by atoms with Crippen LogP contribution in [0.1, 0.15) is 34.8 Å². The minimum absolute atomic E-state index is 0.0905. The number of anilines is 1. The third kappa shape index (κ3) is 4.19. The molecule has 1 atom stereocenters. The first-order chi connectivity index (χ1) is 13.2. The smallest absolute Gasteiger partial charge is 0.220 e. The number of carbonyl (C=O) groups excluding carboxylic acids is 2. The molecule has 1 unspecified atom stereocenters. The average Bonchev–Trinajstić information content (AvgIpc) is 3.16. The van der Waals surface area contributed by atoms with Gasteiger partial charge in [-0.3, -0.25) is 14.5 Å². The Hall–Kier alpha value is -2.66. The van der Waals surface area contributed by atoms with Gasteiger partial charge in [-0.1, -0.05) is 42.5 Å². The van der Waals surface area contributed by atoms with Crippen LogP contribution in [-0.2, 0) is 4.79 Å². The van der Waals surface area contributed by atoms with E-state index in [4.69, 9.17) is 0 Å². The Bertz CT molecular complexity index is 796. The second kappa shape index (κ2) is 7.92. The molecule has 2 aliphatic rings. The lowest BCUT2D eigenvalue weighted by molar-refractivity contribution is -0.119. The third-order valence-electron chi connectivity index (χ3n) is 5.49. The molecule has 27 heavy (non-hydrogen) atoms. The highest BCUT2D eigenvalue weighted by Gasteiger charge is 2.23. The molecule has 0 aliphatic carbocycles. The number of benzene rings is 2. The maximum absolute atomic E-state index is 12.6. The van der Waals surface area contributed by atoms with E-state index in [1.165, 1.54) is 5.69 Å². The molecule has 2 aromatic carbocycles. The molecule has 5 nitrogen and oxygen atoms in total. The molecular weight excluding hydrogens is 338 g/mol. The van der Waals surface area contributed by atoms with Crippen molar-refractivity contribution in [3.8, 4) is 0 Å². The number of piperazine rings is 1. The van der Waals surface area contributed by atoms with Gasteiger partial charge in [0.1, 0.15) is 0 Å². The fourth-order valence-corrected chi connectivity index (χ4v) is 3.86. The lowest BCUT2D eigenvalue weighted by atomic mass is 10.0. The molecule has 2 saturated heterocycles. The SMILES string of the molecule is O=C1CCC(c2ccc(C(=O)CN3CCN(c4ccccc4)CC3)cc2)N1. The molecule has 2 aliphatic heterocycles. The maximum atomic E-state index is 12.6. The van der Waals surface area contributed by atoms with E-state index in [0.717, 1.165) is 43.7 Å². The number of Topliss-reactive ketones (excluding diaryl/α,β-unsaturated/α-hetero) is 1. The van der Waals surface area contributed by atoms with Gasteiger partial charge in [0.25, 0.3) is 0 Å². The number of amides is 1. The summed E-state index contributed by atoms with van der Waals surface area (Å²) < 4.78 is 0. The van der Waals surface area contributed by atoms with Crippen LogP contribution in [0.25, 0.3) is 0 Å². The van der Waals surface area contributed by atoms with Crippen molar-refractivity contribution in [2.24, 2.45) is 0 Å². The van der Waals surface area contributed by atoms with Gasteiger partial charge in [-0.05, 0) is 24.1 Å². The van der Waals surface area contributed by atoms with Crippen molar-refractivity contribution in [2.45, 2.75) is 18.9 Å². The molecule has 0 spiro atoms. The van der Waals surface area contributed by atoms with Gasteiger partial charge in [0, 0.05) is 43.9 Å². The molecule has 2 heterocycles. The van der Waals surface area contributed by atoms with E-state index in [1.54, 1.807) is 0 Å². The lowest BCUT2D eigenvalue weighted by Crippen LogP contribution is -2.48. The van der Waals surface area contributed by atoms with E-state index in [1.807, 2.05) is 30.3 Å². The topological polar surface area (TPSA) is 52.7 Å². The number of hydrogen-bond donors (Lipinski definition) is 1. The van der Waals surface area contributed by atoms with Gasteiger partial charge in [-0.25, -0.2) is 0 Å². The predicted octanol–water partition coefficient (Wildman–Crippen LogP) is 2.64. The Morgan fingerprint density at radius 2 is 1.67 bits per heavy atom. The van der Waals surface area contributed by atoms with Gasteiger partial charge in [-0.15, -0.1) is 0 Å². The normalized spacial score (nSPS) is 20.5. The van der Waals surface area contributed by atoms with Gasteiger partial charge >= 0.3 is 0 Å². The van der Waals surface area contributed by atoms with E-state index in [9.17, 15) is 9.59 Å². The first kappa shape index (κ1) is 17.7. The summed E-state index contributed by atoms with van der Waals surface area (Å²) in [4.78, 5) is 28.6. The first-order valence-corrected chi connectivity index (χ1v) is 9.64.